The molecule has 1 aliphatic heterocycles. The molecular weight excluding hydrogens is 248 g/mol. The summed E-state index contributed by atoms with van der Waals surface area (Å²) in [6.07, 6.45) is 4.16. The molecule has 108 valence electrons. The first-order valence-corrected chi connectivity index (χ1v) is 6.71. The molecular formula is C12H22N4O3. The van der Waals surface area contributed by atoms with Crippen molar-refractivity contribution in [2.75, 3.05) is 26.4 Å². The first-order valence-electron chi connectivity index (χ1n) is 6.71. The van der Waals surface area contributed by atoms with E-state index < -0.39 is 0 Å². The highest BCUT2D eigenvalue weighted by atomic mass is 16.5. The molecule has 0 aromatic carbocycles. The highest BCUT2D eigenvalue weighted by Gasteiger charge is 2.31. The second kappa shape index (κ2) is 6.95. The molecule has 1 aromatic heterocycles. The Balaban J connectivity index is 1.84. The van der Waals surface area contributed by atoms with Gasteiger partial charge in [0.2, 0.25) is 0 Å². The Hall–Kier alpha value is -1.02. The first kappa shape index (κ1) is 14.4. The van der Waals surface area contributed by atoms with Crippen LogP contribution in [0.1, 0.15) is 25.0 Å². The Morgan fingerprint density at radius 2 is 2.16 bits per heavy atom. The van der Waals surface area contributed by atoms with Crippen molar-refractivity contribution in [1.29, 1.82) is 0 Å². The molecule has 0 amide bonds. The summed E-state index contributed by atoms with van der Waals surface area (Å²) < 4.78 is 7.05. The summed E-state index contributed by atoms with van der Waals surface area (Å²) in [4.78, 5) is 0. The van der Waals surface area contributed by atoms with Gasteiger partial charge in [-0.05, 0) is 19.3 Å². The maximum absolute atomic E-state index is 9.55. The fraction of sp³-hybridized carbons (Fsp3) is 0.833. The van der Waals surface area contributed by atoms with Crippen LogP contribution in [0.25, 0.3) is 0 Å². The SMILES string of the molecule is OCCCn1cc(CNC2(CO)CCOCC2)nn1. The summed E-state index contributed by atoms with van der Waals surface area (Å²) in [6.45, 7) is 2.87. The van der Waals surface area contributed by atoms with E-state index in [1.807, 2.05) is 6.20 Å². The van der Waals surface area contributed by atoms with Crippen molar-refractivity contribution in [2.45, 2.75) is 37.9 Å². The lowest BCUT2D eigenvalue weighted by Crippen LogP contribution is -2.51. The van der Waals surface area contributed by atoms with Crippen LogP contribution in [0.15, 0.2) is 6.20 Å². The normalized spacial score (nSPS) is 18.6. The number of hydrogen-bond donors (Lipinski definition) is 3. The summed E-state index contributed by atoms with van der Waals surface area (Å²) in [6, 6.07) is 0. The molecule has 19 heavy (non-hydrogen) atoms. The number of ether oxygens (including phenoxy) is 1. The van der Waals surface area contributed by atoms with E-state index in [1.54, 1.807) is 4.68 Å². The molecule has 2 rings (SSSR count). The summed E-state index contributed by atoms with van der Waals surface area (Å²) in [7, 11) is 0. The summed E-state index contributed by atoms with van der Waals surface area (Å²) in [5.74, 6) is 0. The standard InChI is InChI=1S/C12H22N4O3/c17-5-1-4-16-9-11(14-15-16)8-13-12(10-18)2-6-19-7-3-12/h9,13,17-18H,1-8,10H2. The van der Waals surface area contributed by atoms with E-state index in [9.17, 15) is 5.11 Å². The lowest BCUT2D eigenvalue weighted by Gasteiger charge is -2.36. The molecule has 0 saturated carbocycles. The Morgan fingerprint density at radius 3 is 2.84 bits per heavy atom. The largest absolute Gasteiger partial charge is 0.396 e. The molecule has 0 unspecified atom stereocenters. The van der Waals surface area contributed by atoms with Gasteiger partial charge in [0.05, 0.1) is 12.3 Å². The van der Waals surface area contributed by atoms with Crippen molar-refractivity contribution in [3.05, 3.63) is 11.9 Å². The minimum Gasteiger partial charge on any atom is -0.396 e. The summed E-state index contributed by atoms with van der Waals surface area (Å²) in [5.41, 5.74) is 0.588. The quantitative estimate of drug-likeness (QED) is 0.606. The van der Waals surface area contributed by atoms with Crippen LogP contribution in [0.5, 0.6) is 0 Å². The van der Waals surface area contributed by atoms with Crippen LogP contribution in [0.3, 0.4) is 0 Å². The van der Waals surface area contributed by atoms with Gasteiger partial charge in [-0.3, -0.25) is 4.68 Å². The number of aliphatic hydroxyl groups is 2. The van der Waals surface area contributed by atoms with Gasteiger partial charge in [-0.1, -0.05) is 5.21 Å². The molecule has 3 N–H and O–H groups in total. The van der Waals surface area contributed by atoms with Gasteiger partial charge in [0, 0.05) is 44.6 Å². The molecule has 7 heteroatoms. The third-order valence-corrected chi connectivity index (χ3v) is 3.53. The van der Waals surface area contributed by atoms with E-state index in [4.69, 9.17) is 9.84 Å². The van der Waals surface area contributed by atoms with E-state index in [-0.39, 0.29) is 18.8 Å². The zero-order valence-corrected chi connectivity index (χ0v) is 11.1. The lowest BCUT2D eigenvalue weighted by atomic mass is 9.91. The van der Waals surface area contributed by atoms with Crippen LogP contribution in [-0.2, 0) is 17.8 Å². The minimum atomic E-state index is -0.257. The van der Waals surface area contributed by atoms with Gasteiger partial charge in [-0.25, -0.2) is 0 Å². The smallest absolute Gasteiger partial charge is 0.0965 e. The fourth-order valence-corrected chi connectivity index (χ4v) is 2.19. The summed E-state index contributed by atoms with van der Waals surface area (Å²) >= 11 is 0. The number of nitrogens with zero attached hydrogens (tertiary/aromatic N) is 3. The lowest BCUT2D eigenvalue weighted by molar-refractivity contribution is 0.0110. The van der Waals surface area contributed by atoms with Gasteiger partial charge in [-0.2, -0.15) is 0 Å². The Bertz CT molecular complexity index is 377. The molecule has 0 aliphatic carbocycles. The van der Waals surface area contributed by atoms with Crippen molar-refractivity contribution in [1.82, 2.24) is 20.3 Å². The third-order valence-electron chi connectivity index (χ3n) is 3.53. The van der Waals surface area contributed by atoms with Crippen molar-refractivity contribution < 1.29 is 14.9 Å². The fourth-order valence-electron chi connectivity index (χ4n) is 2.19. The second-order valence-electron chi connectivity index (χ2n) is 4.95. The molecule has 0 bridgehead atoms. The van der Waals surface area contributed by atoms with Gasteiger partial charge < -0.3 is 20.3 Å². The molecule has 1 aromatic rings. The zero-order chi connectivity index (χ0) is 13.6. The number of aliphatic hydroxyl groups excluding tert-OH is 2. The van der Waals surface area contributed by atoms with Crippen molar-refractivity contribution >= 4 is 0 Å². The topological polar surface area (TPSA) is 92.4 Å². The maximum atomic E-state index is 9.55. The van der Waals surface area contributed by atoms with Crippen LogP contribution in [0.4, 0.5) is 0 Å². The number of hydrogen-bond acceptors (Lipinski definition) is 6. The van der Waals surface area contributed by atoms with Crippen molar-refractivity contribution in [3.8, 4) is 0 Å². The Kier molecular flexibility index (Phi) is 5.26. The van der Waals surface area contributed by atoms with Gasteiger partial charge in [0.25, 0.3) is 0 Å². The molecule has 1 saturated heterocycles. The zero-order valence-electron chi connectivity index (χ0n) is 11.1. The van der Waals surface area contributed by atoms with Crippen LogP contribution >= 0.6 is 0 Å². The second-order valence-corrected chi connectivity index (χ2v) is 4.95. The molecule has 0 spiro atoms. The van der Waals surface area contributed by atoms with E-state index in [2.05, 4.69) is 15.6 Å². The van der Waals surface area contributed by atoms with Gasteiger partial charge in [0.15, 0.2) is 0 Å². The van der Waals surface area contributed by atoms with E-state index >= 15 is 0 Å². The number of aromatic nitrogens is 3. The van der Waals surface area contributed by atoms with Crippen molar-refractivity contribution in [3.63, 3.8) is 0 Å². The molecule has 0 radical (unpaired) electrons. The van der Waals surface area contributed by atoms with Crippen LogP contribution < -0.4 is 5.32 Å². The Morgan fingerprint density at radius 1 is 1.37 bits per heavy atom. The van der Waals surface area contributed by atoms with E-state index in [1.165, 1.54) is 0 Å². The molecule has 2 heterocycles. The van der Waals surface area contributed by atoms with Gasteiger partial charge in [0.1, 0.15) is 0 Å². The van der Waals surface area contributed by atoms with Crippen LogP contribution in [0.2, 0.25) is 0 Å². The number of nitrogens with one attached hydrogen (secondary N) is 1. The van der Waals surface area contributed by atoms with Gasteiger partial charge >= 0.3 is 0 Å². The average molecular weight is 270 g/mol. The van der Waals surface area contributed by atoms with Crippen LogP contribution in [0, 0.1) is 0 Å². The molecule has 1 aliphatic rings. The van der Waals surface area contributed by atoms with E-state index in [0.29, 0.717) is 32.7 Å². The predicted molar refractivity (Wildman–Crippen MR) is 68.4 cm³/mol. The van der Waals surface area contributed by atoms with E-state index in [0.717, 1.165) is 18.5 Å². The third kappa shape index (κ3) is 3.97. The van der Waals surface area contributed by atoms with Gasteiger partial charge in [-0.15, -0.1) is 5.10 Å². The minimum absolute atomic E-state index is 0.106. The molecule has 1 fully saturated rings. The highest BCUT2D eigenvalue weighted by molar-refractivity contribution is 4.96. The number of aryl methyl sites for hydroxylation is 1. The Labute approximate surface area is 112 Å². The first-order chi connectivity index (χ1) is 9.28. The monoisotopic (exact) mass is 270 g/mol. The summed E-state index contributed by atoms with van der Waals surface area (Å²) in [5, 5.41) is 29.8. The molecule has 7 nitrogen and oxygen atoms in total. The highest BCUT2D eigenvalue weighted by Crippen LogP contribution is 2.20. The number of rotatable bonds is 7. The van der Waals surface area contributed by atoms with Crippen LogP contribution in [-0.4, -0.2) is 57.2 Å². The average Bonchev–Trinajstić information content (AvgIpc) is 2.92. The molecule has 0 atom stereocenters. The van der Waals surface area contributed by atoms with Crippen molar-refractivity contribution in [2.24, 2.45) is 0 Å². The maximum Gasteiger partial charge on any atom is 0.0965 e. The predicted octanol–water partition coefficient (Wildman–Crippen LogP) is -0.708.